The number of thiophene rings is 1. The van der Waals surface area contributed by atoms with Crippen LogP contribution in [0.1, 0.15) is 56.1 Å². The van der Waals surface area contributed by atoms with Crippen LogP contribution in [0, 0.1) is 0 Å². The molecule has 1 heterocycles. The zero-order valence-corrected chi connectivity index (χ0v) is 13.8. The summed E-state index contributed by atoms with van der Waals surface area (Å²) in [5, 5.41) is 22.1. The maximum atomic E-state index is 10.9. The van der Waals surface area contributed by atoms with Crippen LogP contribution in [0.3, 0.4) is 0 Å². The summed E-state index contributed by atoms with van der Waals surface area (Å²) in [4.78, 5) is 11.7. The Balaban J connectivity index is 2.52. The third-order valence-electron chi connectivity index (χ3n) is 3.17. The van der Waals surface area contributed by atoms with Crippen molar-refractivity contribution in [2.75, 3.05) is 5.75 Å². The van der Waals surface area contributed by atoms with Crippen molar-refractivity contribution in [1.29, 1.82) is 0 Å². The van der Waals surface area contributed by atoms with Gasteiger partial charge < -0.3 is 10.2 Å². The van der Waals surface area contributed by atoms with Crippen molar-refractivity contribution in [1.82, 2.24) is 0 Å². The lowest BCUT2D eigenvalue weighted by Gasteiger charge is -2.17. The Bertz CT molecular complexity index is 404. The van der Waals surface area contributed by atoms with Gasteiger partial charge in [-0.15, -0.1) is 11.3 Å². The predicted molar refractivity (Wildman–Crippen MR) is 86.3 cm³/mol. The van der Waals surface area contributed by atoms with Crippen molar-refractivity contribution in [3.63, 3.8) is 0 Å². The summed E-state index contributed by atoms with van der Waals surface area (Å²) in [7, 11) is 0. The monoisotopic (exact) mass is 316 g/mol. The quantitative estimate of drug-likeness (QED) is 0.684. The second-order valence-corrected chi connectivity index (χ2v) is 7.08. The summed E-state index contributed by atoms with van der Waals surface area (Å²) in [5.41, 5.74) is 1.13. The summed E-state index contributed by atoms with van der Waals surface area (Å²) >= 11 is 2.53. The molecule has 1 aromatic rings. The predicted octanol–water partition coefficient (Wildman–Crippen LogP) is 3.54. The van der Waals surface area contributed by atoms with Gasteiger partial charge in [0.15, 0.2) is 5.12 Å². The Morgan fingerprint density at radius 3 is 2.75 bits per heavy atom. The molecule has 5 heteroatoms. The molecule has 0 amide bonds. The highest BCUT2D eigenvalue weighted by molar-refractivity contribution is 8.13. The normalized spacial score (nSPS) is 14.2. The minimum Gasteiger partial charge on any atom is -0.389 e. The van der Waals surface area contributed by atoms with Crippen LogP contribution in [0.5, 0.6) is 0 Å². The van der Waals surface area contributed by atoms with E-state index < -0.39 is 12.2 Å². The van der Waals surface area contributed by atoms with E-state index >= 15 is 0 Å². The number of aliphatic hydroxyl groups is 2. The molecule has 0 aromatic carbocycles. The lowest BCUT2D eigenvalue weighted by molar-refractivity contribution is -0.109. The van der Waals surface area contributed by atoms with E-state index in [9.17, 15) is 15.0 Å². The number of hydrogen-bond acceptors (Lipinski definition) is 5. The smallest absolute Gasteiger partial charge is 0.185 e. The highest BCUT2D eigenvalue weighted by Crippen LogP contribution is 2.29. The molecular weight excluding hydrogens is 292 g/mol. The van der Waals surface area contributed by atoms with E-state index in [1.807, 2.05) is 11.4 Å². The minimum atomic E-state index is -0.892. The third kappa shape index (κ3) is 5.95. The van der Waals surface area contributed by atoms with Crippen molar-refractivity contribution in [3.05, 3.63) is 21.9 Å². The number of thioether (sulfide) groups is 1. The summed E-state index contributed by atoms with van der Waals surface area (Å²) in [6, 6.07) is 2.03. The molecular formula is C15H24O3S2. The van der Waals surface area contributed by atoms with Crippen molar-refractivity contribution >= 4 is 28.2 Å². The third-order valence-corrected chi connectivity index (χ3v) is 5.12. The molecule has 0 bridgehead atoms. The van der Waals surface area contributed by atoms with Gasteiger partial charge in [-0.25, -0.2) is 0 Å². The number of aliphatic hydroxyl groups excluding tert-OH is 2. The first kappa shape index (κ1) is 17.7. The lowest BCUT2D eigenvalue weighted by atomic mass is 10.0. The van der Waals surface area contributed by atoms with Gasteiger partial charge in [0.1, 0.15) is 6.10 Å². The van der Waals surface area contributed by atoms with Crippen molar-refractivity contribution < 1.29 is 15.0 Å². The lowest BCUT2D eigenvalue weighted by Crippen LogP contribution is -2.21. The Labute approximate surface area is 129 Å². The van der Waals surface area contributed by atoms with Crippen LogP contribution in [0.4, 0.5) is 0 Å². The number of carbonyl (C=O) groups excluding carboxylic acids is 1. The van der Waals surface area contributed by atoms with Crippen LogP contribution in [0.25, 0.3) is 0 Å². The highest BCUT2D eigenvalue weighted by Gasteiger charge is 2.22. The molecule has 3 nitrogen and oxygen atoms in total. The number of unbranched alkanes of at least 4 members (excludes halogenated alkanes) is 3. The van der Waals surface area contributed by atoms with Gasteiger partial charge in [-0.05, 0) is 29.9 Å². The Hall–Kier alpha value is -0.360. The average molecular weight is 316 g/mol. The Morgan fingerprint density at radius 1 is 1.35 bits per heavy atom. The highest BCUT2D eigenvalue weighted by atomic mass is 32.2. The fourth-order valence-electron chi connectivity index (χ4n) is 2.02. The SMILES string of the molecule is CCCCCCc1ccsc1C(O)C(O)CSC(C)=O. The summed E-state index contributed by atoms with van der Waals surface area (Å²) in [6.45, 7) is 3.65. The molecule has 0 spiro atoms. The molecule has 2 atom stereocenters. The van der Waals surface area contributed by atoms with E-state index in [2.05, 4.69) is 6.92 Å². The van der Waals surface area contributed by atoms with Crippen LogP contribution in [-0.2, 0) is 11.2 Å². The first-order valence-electron chi connectivity index (χ1n) is 7.12. The molecule has 20 heavy (non-hydrogen) atoms. The maximum absolute atomic E-state index is 10.9. The number of carbonyl (C=O) groups is 1. The molecule has 0 aliphatic rings. The zero-order chi connectivity index (χ0) is 15.0. The number of aryl methyl sites for hydroxylation is 1. The van der Waals surface area contributed by atoms with Gasteiger partial charge in [-0.1, -0.05) is 37.9 Å². The fourth-order valence-corrected chi connectivity index (χ4v) is 3.61. The van der Waals surface area contributed by atoms with Gasteiger partial charge in [-0.3, -0.25) is 4.79 Å². The van der Waals surface area contributed by atoms with Crippen LogP contribution >= 0.6 is 23.1 Å². The van der Waals surface area contributed by atoms with Gasteiger partial charge in [0.2, 0.25) is 0 Å². The van der Waals surface area contributed by atoms with Crippen molar-refractivity contribution in [2.45, 2.75) is 58.2 Å². The van der Waals surface area contributed by atoms with Gasteiger partial charge in [0.25, 0.3) is 0 Å². The second kappa shape index (κ2) is 9.55. The Morgan fingerprint density at radius 2 is 2.10 bits per heavy atom. The first-order chi connectivity index (χ1) is 9.56. The largest absolute Gasteiger partial charge is 0.389 e. The van der Waals surface area contributed by atoms with E-state index in [1.165, 1.54) is 37.5 Å². The molecule has 0 saturated heterocycles. The fraction of sp³-hybridized carbons (Fsp3) is 0.667. The molecule has 1 aromatic heterocycles. The Kier molecular flexibility index (Phi) is 8.45. The van der Waals surface area contributed by atoms with E-state index in [1.54, 1.807) is 0 Å². The summed E-state index contributed by atoms with van der Waals surface area (Å²) in [5.74, 6) is 0.240. The van der Waals surface area contributed by atoms with E-state index in [0.717, 1.165) is 35.0 Å². The molecule has 0 aliphatic heterocycles. The molecule has 2 unspecified atom stereocenters. The van der Waals surface area contributed by atoms with Gasteiger partial charge in [0.05, 0.1) is 6.10 Å². The summed E-state index contributed by atoms with van der Waals surface area (Å²) in [6.07, 6.45) is 3.93. The standard InChI is InChI=1S/C15H24O3S2/c1-3-4-5-6-7-12-8-9-19-15(12)14(18)13(17)10-20-11(2)16/h8-9,13-14,17-18H,3-7,10H2,1-2H3. The number of rotatable bonds is 9. The van der Waals surface area contributed by atoms with Crippen LogP contribution in [-0.4, -0.2) is 27.2 Å². The molecule has 2 N–H and O–H groups in total. The van der Waals surface area contributed by atoms with Crippen molar-refractivity contribution in [3.8, 4) is 0 Å². The van der Waals surface area contributed by atoms with Gasteiger partial charge in [0, 0.05) is 17.6 Å². The van der Waals surface area contributed by atoms with Gasteiger partial charge in [-0.2, -0.15) is 0 Å². The molecule has 0 aliphatic carbocycles. The average Bonchev–Trinajstić information content (AvgIpc) is 2.88. The van der Waals surface area contributed by atoms with E-state index in [0.29, 0.717) is 0 Å². The van der Waals surface area contributed by atoms with Crippen molar-refractivity contribution in [2.24, 2.45) is 0 Å². The van der Waals surface area contributed by atoms with Gasteiger partial charge >= 0.3 is 0 Å². The molecule has 114 valence electrons. The minimum absolute atomic E-state index is 0.0396. The topological polar surface area (TPSA) is 57.5 Å². The van der Waals surface area contributed by atoms with Crippen LogP contribution in [0.2, 0.25) is 0 Å². The molecule has 0 radical (unpaired) electrons. The molecule has 1 rings (SSSR count). The number of hydrogen-bond donors (Lipinski definition) is 2. The molecule has 0 fully saturated rings. The van der Waals surface area contributed by atoms with E-state index in [4.69, 9.17) is 0 Å². The van der Waals surface area contributed by atoms with Crippen LogP contribution < -0.4 is 0 Å². The second-order valence-electron chi connectivity index (χ2n) is 4.94. The molecule has 0 saturated carbocycles. The maximum Gasteiger partial charge on any atom is 0.185 e. The summed E-state index contributed by atoms with van der Waals surface area (Å²) < 4.78 is 0. The van der Waals surface area contributed by atoms with Crippen LogP contribution in [0.15, 0.2) is 11.4 Å². The first-order valence-corrected chi connectivity index (χ1v) is 8.98. The zero-order valence-electron chi connectivity index (χ0n) is 12.2. The van der Waals surface area contributed by atoms with E-state index in [-0.39, 0.29) is 10.9 Å².